The molecule has 6 rings (SSSR count). The number of aromatic nitrogens is 3. The van der Waals surface area contributed by atoms with Gasteiger partial charge in [0.2, 0.25) is 0 Å². The molecule has 1 aliphatic heterocycles. The van der Waals surface area contributed by atoms with E-state index in [1.165, 1.54) is 12.1 Å². The second-order valence-corrected chi connectivity index (χ2v) is 9.40. The fourth-order valence-corrected chi connectivity index (χ4v) is 5.14. The van der Waals surface area contributed by atoms with E-state index in [0.717, 1.165) is 34.0 Å². The molecule has 0 radical (unpaired) electrons. The van der Waals surface area contributed by atoms with E-state index in [1.807, 2.05) is 84.5 Å². The van der Waals surface area contributed by atoms with Crippen LogP contribution in [0.1, 0.15) is 28.6 Å². The third-order valence-corrected chi connectivity index (χ3v) is 6.82. The van der Waals surface area contributed by atoms with Crippen molar-refractivity contribution in [1.29, 1.82) is 0 Å². The van der Waals surface area contributed by atoms with Gasteiger partial charge >= 0.3 is 6.03 Å². The van der Waals surface area contributed by atoms with E-state index in [0.29, 0.717) is 10.7 Å². The zero-order valence-corrected chi connectivity index (χ0v) is 20.7. The summed E-state index contributed by atoms with van der Waals surface area (Å²) in [4.78, 5) is 15.6. The fraction of sp³-hybridized carbons (Fsp3) is 0.103. The normalized spacial score (nSPS) is 14.6. The number of carbonyl (C=O) groups is 1. The highest BCUT2D eigenvalue weighted by Gasteiger charge is 2.36. The van der Waals surface area contributed by atoms with E-state index in [-0.39, 0.29) is 12.6 Å². The van der Waals surface area contributed by atoms with Crippen LogP contribution >= 0.6 is 11.6 Å². The Labute approximate surface area is 218 Å². The first-order valence-electron chi connectivity index (χ1n) is 11.9. The minimum atomic E-state index is -0.460. The number of nitrogens with zero attached hydrogens (tertiary/aromatic N) is 4. The lowest BCUT2D eigenvalue weighted by atomic mass is 10.0. The molecule has 1 unspecified atom stereocenters. The van der Waals surface area contributed by atoms with Gasteiger partial charge in [0, 0.05) is 22.5 Å². The summed E-state index contributed by atoms with van der Waals surface area (Å²) in [5.74, 6) is 0.452. The number of hydrogen-bond donors (Lipinski definition) is 1. The zero-order valence-electron chi connectivity index (χ0n) is 20.0. The van der Waals surface area contributed by atoms with Crippen LogP contribution in [-0.2, 0) is 6.54 Å². The molecule has 3 aromatic carbocycles. The molecule has 0 aliphatic carbocycles. The number of carbonyl (C=O) groups excluding carboxylic acids is 1. The molecule has 1 N–H and O–H groups in total. The van der Waals surface area contributed by atoms with Crippen LogP contribution in [0.4, 0.5) is 14.9 Å². The summed E-state index contributed by atoms with van der Waals surface area (Å²) in [6.07, 6.45) is 1.99. The molecule has 2 amide bonds. The third-order valence-electron chi connectivity index (χ3n) is 6.59. The smallest absolute Gasteiger partial charge is 0.308 e. The predicted molar refractivity (Wildman–Crippen MR) is 142 cm³/mol. The van der Waals surface area contributed by atoms with Crippen molar-refractivity contribution in [3.8, 4) is 11.5 Å². The average Bonchev–Trinajstić information content (AvgIpc) is 3.45. The monoisotopic (exact) mass is 511 g/mol. The molecule has 0 saturated heterocycles. The minimum Gasteiger partial charge on any atom is -0.308 e. The van der Waals surface area contributed by atoms with Crippen LogP contribution in [0.15, 0.2) is 97.2 Å². The van der Waals surface area contributed by atoms with Gasteiger partial charge in [-0.15, -0.1) is 0 Å². The highest BCUT2D eigenvalue weighted by atomic mass is 35.5. The molecule has 0 saturated carbocycles. The highest BCUT2D eigenvalue weighted by Crippen LogP contribution is 2.39. The standard InChI is InChI=1S/C29H23ClFN5O/c1-19-25-18-35(29(37)32-23-11-6-10-22(31)17-23)27(20-8-5-9-21(30)16-20)26-14-7-15-34(26)28(25)36(33-19)24-12-3-2-4-13-24/h2-17,27H,18H2,1H3,(H,32,37). The first kappa shape index (κ1) is 23.1. The number of fused-ring (bicyclic) bond motifs is 3. The van der Waals surface area contributed by atoms with Gasteiger partial charge in [-0.2, -0.15) is 5.10 Å². The maximum Gasteiger partial charge on any atom is 0.322 e. The van der Waals surface area contributed by atoms with Crippen LogP contribution in [0.3, 0.4) is 0 Å². The fourth-order valence-electron chi connectivity index (χ4n) is 4.94. The van der Waals surface area contributed by atoms with Gasteiger partial charge in [-0.1, -0.05) is 48.0 Å². The maximum absolute atomic E-state index is 13.9. The SMILES string of the molecule is Cc1nn(-c2ccccc2)c2c1CN(C(=O)Nc1cccc(F)c1)C(c1cccc(Cl)c1)c1cccn1-2. The van der Waals surface area contributed by atoms with Crippen molar-refractivity contribution in [1.82, 2.24) is 19.2 Å². The van der Waals surface area contributed by atoms with Crippen LogP contribution in [0.2, 0.25) is 5.02 Å². The molecule has 1 aliphatic rings. The van der Waals surface area contributed by atoms with Crippen molar-refractivity contribution >= 4 is 23.3 Å². The number of para-hydroxylation sites is 1. The van der Waals surface area contributed by atoms with E-state index in [2.05, 4.69) is 9.88 Å². The summed E-state index contributed by atoms with van der Waals surface area (Å²) >= 11 is 6.40. The highest BCUT2D eigenvalue weighted by molar-refractivity contribution is 6.30. The van der Waals surface area contributed by atoms with Crippen LogP contribution in [-0.4, -0.2) is 25.3 Å². The lowest BCUT2D eigenvalue weighted by Gasteiger charge is -2.31. The van der Waals surface area contributed by atoms with E-state index in [1.54, 1.807) is 17.0 Å². The molecule has 8 heteroatoms. The van der Waals surface area contributed by atoms with E-state index in [4.69, 9.17) is 16.7 Å². The molecule has 37 heavy (non-hydrogen) atoms. The van der Waals surface area contributed by atoms with Crippen LogP contribution in [0.5, 0.6) is 0 Å². The summed E-state index contributed by atoms with van der Waals surface area (Å²) < 4.78 is 17.9. The van der Waals surface area contributed by atoms with Crippen molar-refractivity contribution in [3.05, 3.63) is 131 Å². The van der Waals surface area contributed by atoms with Crippen LogP contribution < -0.4 is 5.32 Å². The summed E-state index contributed by atoms with van der Waals surface area (Å²) in [5, 5.41) is 8.31. The molecule has 0 fully saturated rings. The molecule has 3 heterocycles. The number of nitrogens with one attached hydrogen (secondary N) is 1. The van der Waals surface area contributed by atoms with Crippen LogP contribution in [0, 0.1) is 12.7 Å². The third kappa shape index (κ3) is 4.17. The van der Waals surface area contributed by atoms with Gasteiger partial charge in [-0.3, -0.25) is 0 Å². The average molecular weight is 512 g/mol. The van der Waals surface area contributed by atoms with Gasteiger partial charge in [0.1, 0.15) is 11.6 Å². The Balaban J connectivity index is 1.54. The lowest BCUT2D eigenvalue weighted by molar-refractivity contribution is 0.194. The Morgan fingerprint density at radius 3 is 2.59 bits per heavy atom. The summed E-state index contributed by atoms with van der Waals surface area (Å²) in [6, 6.07) is 26.5. The molecule has 6 nitrogen and oxygen atoms in total. The van der Waals surface area contributed by atoms with Crippen molar-refractivity contribution < 1.29 is 9.18 Å². The van der Waals surface area contributed by atoms with Gasteiger partial charge in [-0.05, 0) is 67.1 Å². The number of hydrogen-bond acceptors (Lipinski definition) is 2. The summed E-state index contributed by atoms with van der Waals surface area (Å²) in [5.41, 5.74) is 4.78. The maximum atomic E-state index is 13.9. The Morgan fingerprint density at radius 2 is 1.81 bits per heavy atom. The number of amides is 2. The lowest BCUT2D eigenvalue weighted by Crippen LogP contribution is -2.38. The number of aryl methyl sites for hydroxylation is 1. The van der Waals surface area contributed by atoms with Crippen molar-refractivity contribution in [2.45, 2.75) is 19.5 Å². The number of anilines is 1. The van der Waals surface area contributed by atoms with E-state index >= 15 is 0 Å². The first-order valence-corrected chi connectivity index (χ1v) is 12.3. The summed E-state index contributed by atoms with van der Waals surface area (Å²) in [6.45, 7) is 2.23. The Bertz CT molecular complexity index is 1610. The largest absolute Gasteiger partial charge is 0.322 e. The topological polar surface area (TPSA) is 55.1 Å². The van der Waals surface area contributed by atoms with Gasteiger partial charge in [-0.25, -0.2) is 13.9 Å². The van der Waals surface area contributed by atoms with Gasteiger partial charge in [0.25, 0.3) is 0 Å². The Kier molecular flexibility index (Phi) is 5.77. The molecular weight excluding hydrogens is 489 g/mol. The second kappa shape index (κ2) is 9.26. The second-order valence-electron chi connectivity index (χ2n) is 8.96. The van der Waals surface area contributed by atoms with E-state index < -0.39 is 11.9 Å². The predicted octanol–water partition coefficient (Wildman–Crippen LogP) is 6.90. The number of urea groups is 1. The number of benzene rings is 3. The molecule has 0 spiro atoms. The molecule has 184 valence electrons. The Morgan fingerprint density at radius 1 is 1.00 bits per heavy atom. The minimum absolute atomic E-state index is 0.286. The van der Waals surface area contributed by atoms with E-state index in [9.17, 15) is 9.18 Å². The molecule has 0 bridgehead atoms. The van der Waals surface area contributed by atoms with Crippen molar-refractivity contribution in [2.24, 2.45) is 0 Å². The Hall–Kier alpha value is -4.36. The van der Waals surface area contributed by atoms with Crippen LogP contribution in [0.25, 0.3) is 11.5 Å². The van der Waals surface area contributed by atoms with Gasteiger partial charge < -0.3 is 14.8 Å². The van der Waals surface area contributed by atoms with Crippen molar-refractivity contribution in [3.63, 3.8) is 0 Å². The zero-order chi connectivity index (χ0) is 25.5. The number of halogens is 2. The summed E-state index contributed by atoms with van der Waals surface area (Å²) in [7, 11) is 0. The van der Waals surface area contributed by atoms with Gasteiger partial charge in [0.15, 0.2) is 0 Å². The molecule has 5 aromatic rings. The number of rotatable bonds is 3. The quantitative estimate of drug-likeness (QED) is 0.286. The van der Waals surface area contributed by atoms with Crippen molar-refractivity contribution in [2.75, 3.05) is 5.32 Å². The van der Waals surface area contributed by atoms with Gasteiger partial charge in [0.05, 0.1) is 29.7 Å². The molecular formula is C29H23ClFN5O. The molecule has 2 aromatic heterocycles. The first-order chi connectivity index (χ1) is 18.0. The molecule has 1 atom stereocenters.